The molecule has 272 valence electrons. The number of rotatable bonds is 4. The summed E-state index contributed by atoms with van der Waals surface area (Å²) in [6, 6.07) is 73.0. The molecule has 0 spiro atoms. The van der Waals surface area contributed by atoms with Gasteiger partial charge in [0, 0.05) is 5.41 Å². The number of benzene rings is 10. The minimum absolute atomic E-state index is 0.0908. The molecule has 0 saturated carbocycles. The van der Waals surface area contributed by atoms with Crippen LogP contribution in [0.5, 0.6) is 0 Å². The average molecular weight is 737 g/mol. The van der Waals surface area contributed by atoms with Crippen LogP contribution in [-0.4, -0.2) is 0 Å². The van der Waals surface area contributed by atoms with E-state index in [2.05, 4.69) is 208 Å². The molecule has 0 aromatic heterocycles. The maximum Gasteiger partial charge on any atom is 0.0159 e. The van der Waals surface area contributed by atoms with Crippen LogP contribution in [0.1, 0.15) is 36.1 Å². The second-order valence-corrected chi connectivity index (χ2v) is 16.8. The molecule has 58 heavy (non-hydrogen) atoms. The molecule has 0 heterocycles. The summed E-state index contributed by atoms with van der Waals surface area (Å²) in [7, 11) is 0. The van der Waals surface area contributed by atoms with Crippen molar-refractivity contribution >= 4 is 32.3 Å². The molecule has 2 aliphatic carbocycles. The number of hydrogen-bond acceptors (Lipinski definition) is 0. The molecule has 12 rings (SSSR count). The van der Waals surface area contributed by atoms with E-state index >= 15 is 0 Å². The van der Waals surface area contributed by atoms with Crippen molar-refractivity contribution < 1.29 is 0 Å². The lowest BCUT2D eigenvalue weighted by Crippen LogP contribution is -2.14. The van der Waals surface area contributed by atoms with E-state index in [0.717, 1.165) is 6.42 Å². The Labute approximate surface area is 339 Å². The van der Waals surface area contributed by atoms with Crippen LogP contribution in [0.3, 0.4) is 0 Å². The zero-order valence-electron chi connectivity index (χ0n) is 32.7. The predicted octanol–water partition coefficient (Wildman–Crippen LogP) is 15.7. The van der Waals surface area contributed by atoms with E-state index in [4.69, 9.17) is 0 Å². The van der Waals surface area contributed by atoms with Gasteiger partial charge in [0.1, 0.15) is 0 Å². The highest BCUT2D eigenvalue weighted by Crippen LogP contribution is 2.52. The van der Waals surface area contributed by atoms with Gasteiger partial charge >= 0.3 is 0 Å². The Kier molecular flexibility index (Phi) is 7.14. The highest BCUT2D eigenvalue weighted by molar-refractivity contribution is 6.22. The predicted molar refractivity (Wildman–Crippen MR) is 247 cm³/mol. The monoisotopic (exact) mass is 736 g/mol. The van der Waals surface area contributed by atoms with Crippen molar-refractivity contribution in [3.8, 4) is 66.8 Å². The van der Waals surface area contributed by atoms with Gasteiger partial charge in [-0.15, -0.1) is 0 Å². The molecule has 0 nitrogen and oxygen atoms in total. The molecule has 10 aromatic carbocycles. The third kappa shape index (κ3) is 4.88. The maximum atomic E-state index is 2.49. The molecule has 0 aliphatic heterocycles. The van der Waals surface area contributed by atoms with E-state index in [1.807, 2.05) is 0 Å². The molecule has 0 N–H and O–H groups in total. The van der Waals surface area contributed by atoms with Gasteiger partial charge in [-0.1, -0.05) is 196 Å². The fraction of sp³-hybridized carbons (Fsp3) is 0.0690. The van der Waals surface area contributed by atoms with E-state index in [-0.39, 0.29) is 5.41 Å². The lowest BCUT2D eigenvalue weighted by molar-refractivity contribution is 0.660. The van der Waals surface area contributed by atoms with Crippen LogP contribution in [0.15, 0.2) is 194 Å². The molecule has 0 atom stereocenters. The van der Waals surface area contributed by atoms with E-state index in [0.29, 0.717) is 0 Å². The zero-order chi connectivity index (χ0) is 38.5. The smallest absolute Gasteiger partial charge is 0.0159 e. The molecule has 0 unspecified atom stereocenters. The summed E-state index contributed by atoms with van der Waals surface area (Å²) >= 11 is 0. The van der Waals surface area contributed by atoms with Crippen molar-refractivity contribution in [2.75, 3.05) is 0 Å². The highest BCUT2D eigenvalue weighted by Gasteiger charge is 2.35. The number of hydrogen-bond donors (Lipinski definition) is 0. The minimum atomic E-state index is -0.0908. The Morgan fingerprint density at radius 1 is 0.310 bits per heavy atom. The van der Waals surface area contributed by atoms with Crippen molar-refractivity contribution in [1.82, 2.24) is 0 Å². The Morgan fingerprint density at radius 3 is 1.69 bits per heavy atom. The Morgan fingerprint density at radius 2 is 0.845 bits per heavy atom. The molecule has 10 aromatic rings. The van der Waals surface area contributed by atoms with E-state index in [1.54, 1.807) is 0 Å². The van der Waals surface area contributed by atoms with Crippen LogP contribution >= 0.6 is 0 Å². The van der Waals surface area contributed by atoms with E-state index in [9.17, 15) is 0 Å². The van der Waals surface area contributed by atoms with Gasteiger partial charge in [-0.2, -0.15) is 0 Å². The molecule has 0 radical (unpaired) electrons. The molecule has 0 bridgehead atoms. The molecule has 0 heteroatoms. The molecule has 0 fully saturated rings. The zero-order valence-corrected chi connectivity index (χ0v) is 32.7. The van der Waals surface area contributed by atoms with Crippen LogP contribution in [0.2, 0.25) is 0 Å². The topological polar surface area (TPSA) is 0 Å². The molecular formula is C58H40. The van der Waals surface area contributed by atoms with Gasteiger partial charge in [0.05, 0.1) is 0 Å². The number of fused-ring (bicyclic) bond motifs is 9. The summed E-state index contributed by atoms with van der Waals surface area (Å²) < 4.78 is 0. The van der Waals surface area contributed by atoms with Crippen LogP contribution in [0.25, 0.3) is 99.1 Å². The van der Waals surface area contributed by atoms with Crippen LogP contribution in [-0.2, 0) is 11.8 Å². The van der Waals surface area contributed by atoms with Gasteiger partial charge in [-0.05, 0) is 140 Å². The third-order valence-electron chi connectivity index (χ3n) is 13.3. The lowest BCUT2D eigenvalue weighted by atomic mass is 9.80. The lowest BCUT2D eigenvalue weighted by Gasteiger charge is -2.23. The SMILES string of the molecule is CC1(C)c2ccccc2-c2ccc(-c3c4ccccc4c(-c4ccc(-c5cccc6ccccc56)cc4)c4ccc(-c5ccc6c(c5)Cc5ccccc5-6)cc34)cc21. The second kappa shape index (κ2) is 12.5. The van der Waals surface area contributed by atoms with Gasteiger partial charge in [-0.25, -0.2) is 0 Å². The first-order valence-electron chi connectivity index (χ1n) is 20.5. The van der Waals surface area contributed by atoms with E-state index in [1.165, 1.54) is 121 Å². The summed E-state index contributed by atoms with van der Waals surface area (Å²) in [4.78, 5) is 0. The molecule has 2 aliphatic rings. The van der Waals surface area contributed by atoms with Crippen molar-refractivity contribution in [1.29, 1.82) is 0 Å². The Balaban J connectivity index is 1.09. The first-order valence-corrected chi connectivity index (χ1v) is 20.5. The fourth-order valence-electron chi connectivity index (χ4n) is 10.5. The standard InChI is InChI=1S/C58H40/c1-58(2)54-21-10-9-17-48(54)49-30-28-42(35-55(49)58)57-51-19-8-7-18-50(51)56(38-24-22-37(23-25-38)45-20-11-14-36-12-3-5-15-44(36)45)52-31-27-40(34-53(52)57)39-26-29-47-43(32-39)33-41-13-4-6-16-46(41)47/h3-32,34-35H,33H2,1-2H3. The minimum Gasteiger partial charge on any atom is -0.0619 e. The fourth-order valence-corrected chi connectivity index (χ4v) is 10.5. The summed E-state index contributed by atoms with van der Waals surface area (Å²) in [6.45, 7) is 4.76. The van der Waals surface area contributed by atoms with Crippen LogP contribution in [0, 0.1) is 0 Å². The Bertz CT molecular complexity index is 3320. The maximum absolute atomic E-state index is 2.49. The van der Waals surface area contributed by atoms with Crippen molar-refractivity contribution in [2.45, 2.75) is 25.7 Å². The summed E-state index contributed by atoms with van der Waals surface area (Å²) in [6.07, 6.45) is 0.981. The normalized spacial score (nSPS) is 13.4. The summed E-state index contributed by atoms with van der Waals surface area (Å²) in [5.74, 6) is 0. The van der Waals surface area contributed by atoms with Gasteiger partial charge in [0.15, 0.2) is 0 Å². The van der Waals surface area contributed by atoms with Crippen molar-refractivity contribution in [3.63, 3.8) is 0 Å². The second-order valence-electron chi connectivity index (χ2n) is 16.8. The molecule has 0 amide bonds. The van der Waals surface area contributed by atoms with Gasteiger partial charge in [0.25, 0.3) is 0 Å². The first kappa shape index (κ1) is 33.2. The summed E-state index contributed by atoms with van der Waals surface area (Å²) in [5.41, 5.74) is 21.0. The average Bonchev–Trinajstić information content (AvgIpc) is 3.76. The quantitative estimate of drug-likeness (QED) is 0.158. The molecule has 0 saturated heterocycles. The largest absolute Gasteiger partial charge is 0.0619 e. The van der Waals surface area contributed by atoms with Crippen molar-refractivity contribution in [2.24, 2.45) is 0 Å². The van der Waals surface area contributed by atoms with Gasteiger partial charge < -0.3 is 0 Å². The van der Waals surface area contributed by atoms with E-state index < -0.39 is 0 Å². The highest BCUT2D eigenvalue weighted by atomic mass is 14.4. The molecular weight excluding hydrogens is 697 g/mol. The third-order valence-corrected chi connectivity index (χ3v) is 13.3. The van der Waals surface area contributed by atoms with Gasteiger partial charge in [-0.3, -0.25) is 0 Å². The Hall–Kier alpha value is -7.02. The van der Waals surface area contributed by atoms with Crippen molar-refractivity contribution in [3.05, 3.63) is 216 Å². The van der Waals surface area contributed by atoms with Crippen LogP contribution < -0.4 is 0 Å². The summed E-state index contributed by atoms with van der Waals surface area (Å²) in [5, 5.41) is 7.64. The first-order chi connectivity index (χ1) is 28.5. The van der Waals surface area contributed by atoms with Gasteiger partial charge in [0.2, 0.25) is 0 Å². The van der Waals surface area contributed by atoms with Crippen LogP contribution in [0.4, 0.5) is 0 Å².